The summed E-state index contributed by atoms with van der Waals surface area (Å²) in [4.78, 5) is 33.4. The Balaban J connectivity index is 1.60. The molecule has 0 aliphatic carbocycles. The lowest BCUT2D eigenvalue weighted by Gasteiger charge is -2.12. The Morgan fingerprint density at radius 2 is 1.93 bits per heavy atom. The molecule has 0 unspecified atom stereocenters. The molecule has 0 atom stereocenters. The third-order valence-corrected chi connectivity index (χ3v) is 5.66. The van der Waals surface area contributed by atoms with Gasteiger partial charge in [-0.1, -0.05) is 42.1 Å². The van der Waals surface area contributed by atoms with Gasteiger partial charge in [0, 0.05) is 17.4 Å². The van der Waals surface area contributed by atoms with Crippen molar-refractivity contribution in [3.8, 4) is 5.75 Å². The largest absolute Gasteiger partial charge is 0.492 e. The first kappa shape index (κ1) is 20.0. The van der Waals surface area contributed by atoms with Crippen LogP contribution in [0.4, 0.5) is 5.69 Å². The highest BCUT2D eigenvalue weighted by atomic mass is 32.2. The first-order valence-corrected chi connectivity index (χ1v) is 10.8. The van der Waals surface area contributed by atoms with Crippen LogP contribution < -0.4 is 15.6 Å². The van der Waals surface area contributed by atoms with Gasteiger partial charge in [-0.3, -0.25) is 14.2 Å². The van der Waals surface area contributed by atoms with Crippen LogP contribution in [0.15, 0.2) is 58.5 Å². The van der Waals surface area contributed by atoms with E-state index in [4.69, 9.17) is 9.72 Å². The average Bonchev–Trinajstić information content (AvgIpc) is 3.13. The number of rotatable bonds is 7. The molecule has 2 aromatic heterocycles. The smallest absolute Gasteiger partial charge is 0.278 e. The Labute approximate surface area is 177 Å². The highest BCUT2D eigenvalue weighted by molar-refractivity contribution is 7.99. The number of nitrogens with one attached hydrogen (secondary N) is 2. The number of hydrogen-bond acceptors (Lipinski definition) is 5. The van der Waals surface area contributed by atoms with Crippen LogP contribution in [0, 0.1) is 0 Å². The first-order chi connectivity index (χ1) is 14.6. The van der Waals surface area contributed by atoms with E-state index in [9.17, 15) is 9.59 Å². The fourth-order valence-corrected chi connectivity index (χ4v) is 4.19. The molecular weight excluding hydrogens is 400 g/mol. The van der Waals surface area contributed by atoms with Crippen molar-refractivity contribution in [3.63, 3.8) is 0 Å². The second kappa shape index (κ2) is 8.62. The van der Waals surface area contributed by atoms with E-state index in [2.05, 4.69) is 10.3 Å². The van der Waals surface area contributed by atoms with Crippen molar-refractivity contribution in [1.82, 2.24) is 14.5 Å². The summed E-state index contributed by atoms with van der Waals surface area (Å²) in [5.74, 6) is 0.561. The molecule has 0 aliphatic heterocycles. The molecule has 2 aromatic carbocycles. The molecule has 2 heterocycles. The molecule has 154 valence electrons. The molecule has 2 N–H and O–H groups in total. The molecule has 0 spiro atoms. The number of amides is 1. The number of nitrogens with zero attached hydrogens (tertiary/aromatic N) is 2. The van der Waals surface area contributed by atoms with Gasteiger partial charge in [-0.05, 0) is 32.0 Å². The Kier molecular flexibility index (Phi) is 5.76. The normalized spacial score (nSPS) is 11.1. The van der Waals surface area contributed by atoms with Crippen LogP contribution in [-0.4, -0.2) is 32.8 Å². The van der Waals surface area contributed by atoms with Gasteiger partial charge in [-0.2, -0.15) is 0 Å². The molecule has 0 bridgehead atoms. The highest BCUT2D eigenvalue weighted by Gasteiger charge is 2.16. The van der Waals surface area contributed by atoms with E-state index >= 15 is 0 Å². The third-order valence-electron chi connectivity index (χ3n) is 4.69. The lowest BCUT2D eigenvalue weighted by molar-refractivity contribution is -0.113. The van der Waals surface area contributed by atoms with Crippen LogP contribution in [0.5, 0.6) is 5.75 Å². The number of aromatic amines is 1. The monoisotopic (exact) mass is 422 g/mol. The van der Waals surface area contributed by atoms with Gasteiger partial charge in [0.2, 0.25) is 5.91 Å². The van der Waals surface area contributed by atoms with Crippen molar-refractivity contribution < 1.29 is 9.53 Å². The summed E-state index contributed by atoms with van der Waals surface area (Å²) in [6, 6.07) is 15.0. The number of carbonyl (C=O) groups is 1. The summed E-state index contributed by atoms with van der Waals surface area (Å²) in [5, 5.41) is 4.29. The van der Waals surface area contributed by atoms with E-state index in [1.54, 1.807) is 10.6 Å². The van der Waals surface area contributed by atoms with E-state index in [0.717, 1.165) is 10.9 Å². The zero-order valence-corrected chi connectivity index (χ0v) is 17.6. The molecule has 0 saturated carbocycles. The van der Waals surface area contributed by atoms with E-state index in [1.807, 2.05) is 56.3 Å². The fraction of sp³-hybridized carbons (Fsp3) is 0.227. The van der Waals surface area contributed by atoms with Crippen molar-refractivity contribution in [3.05, 3.63) is 58.9 Å². The van der Waals surface area contributed by atoms with E-state index in [1.165, 1.54) is 11.8 Å². The standard InChI is InChI=1S/C22H22N4O3S/c1-3-26-21(28)20-19(14-9-5-6-10-15(14)24-20)25-22(26)30-13-18(27)23-16-11-7-8-12-17(16)29-4-2/h5-12,24H,3-4,13H2,1-2H3,(H,23,27). The Bertz CT molecular complexity index is 1280. The second-order valence-corrected chi connectivity index (χ2v) is 7.55. The summed E-state index contributed by atoms with van der Waals surface area (Å²) >= 11 is 1.24. The number of aromatic nitrogens is 3. The maximum Gasteiger partial charge on any atom is 0.278 e. The molecule has 4 aromatic rings. The molecule has 7 nitrogen and oxygen atoms in total. The minimum Gasteiger partial charge on any atom is -0.492 e. The van der Waals surface area contributed by atoms with Crippen molar-refractivity contribution in [2.24, 2.45) is 0 Å². The molecular formula is C22H22N4O3S. The van der Waals surface area contributed by atoms with Crippen molar-refractivity contribution >= 4 is 45.3 Å². The summed E-state index contributed by atoms with van der Waals surface area (Å²) < 4.78 is 7.14. The number of benzene rings is 2. The van der Waals surface area contributed by atoms with Crippen LogP contribution in [0.25, 0.3) is 21.9 Å². The first-order valence-electron chi connectivity index (χ1n) is 9.78. The Morgan fingerprint density at radius 3 is 2.73 bits per heavy atom. The van der Waals surface area contributed by atoms with Gasteiger partial charge in [-0.15, -0.1) is 0 Å². The fourth-order valence-electron chi connectivity index (χ4n) is 3.33. The third kappa shape index (κ3) is 3.78. The van der Waals surface area contributed by atoms with Crippen molar-refractivity contribution in [2.75, 3.05) is 17.7 Å². The van der Waals surface area contributed by atoms with Crippen LogP contribution in [-0.2, 0) is 11.3 Å². The average molecular weight is 423 g/mol. The number of carbonyl (C=O) groups excluding carboxylic acids is 1. The van der Waals surface area contributed by atoms with Crippen molar-refractivity contribution in [2.45, 2.75) is 25.5 Å². The molecule has 0 aliphatic rings. The maximum atomic E-state index is 13.0. The SMILES string of the molecule is CCOc1ccccc1NC(=O)CSc1nc2c([nH]c3ccccc32)c(=O)n1CC. The minimum atomic E-state index is -0.192. The van der Waals surface area contributed by atoms with E-state index in [0.29, 0.717) is 40.8 Å². The minimum absolute atomic E-state index is 0.126. The maximum absolute atomic E-state index is 13.0. The predicted octanol–water partition coefficient (Wildman–Crippen LogP) is 4.03. The molecule has 8 heteroatoms. The predicted molar refractivity (Wildman–Crippen MR) is 120 cm³/mol. The number of hydrogen-bond donors (Lipinski definition) is 2. The van der Waals surface area contributed by atoms with Gasteiger partial charge in [0.25, 0.3) is 5.56 Å². The number of thioether (sulfide) groups is 1. The molecule has 0 fully saturated rings. The van der Waals surface area contributed by atoms with Gasteiger partial charge in [0.05, 0.1) is 18.0 Å². The van der Waals surface area contributed by atoms with Crippen molar-refractivity contribution in [1.29, 1.82) is 0 Å². The van der Waals surface area contributed by atoms with Crippen LogP contribution in [0.2, 0.25) is 0 Å². The molecule has 0 radical (unpaired) electrons. The van der Waals surface area contributed by atoms with Gasteiger partial charge in [0.15, 0.2) is 5.16 Å². The number of anilines is 1. The lowest BCUT2D eigenvalue weighted by Crippen LogP contribution is -2.23. The van der Waals surface area contributed by atoms with Gasteiger partial charge in [-0.25, -0.2) is 4.98 Å². The van der Waals surface area contributed by atoms with Crippen LogP contribution in [0.3, 0.4) is 0 Å². The number of fused-ring (bicyclic) bond motifs is 3. The summed E-state index contributed by atoms with van der Waals surface area (Å²) in [7, 11) is 0. The van der Waals surface area contributed by atoms with Gasteiger partial charge in [0.1, 0.15) is 16.8 Å². The zero-order chi connectivity index (χ0) is 21.1. The molecule has 0 saturated heterocycles. The highest BCUT2D eigenvalue weighted by Crippen LogP contribution is 2.26. The summed E-state index contributed by atoms with van der Waals surface area (Å²) in [6.07, 6.45) is 0. The summed E-state index contributed by atoms with van der Waals surface area (Å²) in [5.41, 5.74) is 2.47. The number of H-pyrrole nitrogens is 1. The zero-order valence-electron chi connectivity index (χ0n) is 16.8. The number of para-hydroxylation sites is 3. The Morgan fingerprint density at radius 1 is 1.17 bits per heavy atom. The topological polar surface area (TPSA) is 89.0 Å². The molecule has 1 amide bonds. The van der Waals surface area contributed by atoms with Crippen LogP contribution >= 0.6 is 11.8 Å². The van der Waals surface area contributed by atoms with E-state index in [-0.39, 0.29) is 17.2 Å². The quantitative estimate of drug-likeness (QED) is 0.347. The lowest BCUT2D eigenvalue weighted by atomic mass is 10.2. The van der Waals surface area contributed by atoms with Crippen LogP contribution in [0.1, 0.15) is 13.8 Å². The second-order valence-electron chi connectivity index (χ2n) is 6.60. The molecule has 30 heavy (non-hydrogen) atoms. The summed E-state index contributed by atoms with van der Waals surface area (Å²) in [6.45, 7) is 4.76. The van der Waals surface area contributed by atoms with E-state index < -0.39 is 0 Å². The Hall–Kier alpha value is -3.26. The van der Waals surface area contributed by atoms with Gasteiger partial charge >= 0.3 is 0 Å². The molecule has 4 rings (SSSR count). The number of ether oxygens (including phenoxy) is 1. The van der Waals surface area contributed by atoms with Gasteiger partial charge < -0.3 is 15.0 Å².